The summed E-state index contributed by atoms with van der Waals surface area (Å²) in [5.41, 5.74) is -1.66. The fourth-order valence-electron chi connectivity index (χ4n) is 4.31. The molecule has 2 N–H and O–H groups in total. The number of pyridine rings is 1. The van der Waals surface area contributed by atoms with Gasteiger partial charge < -0.3 is 15.2 Å². The highest BCUT2D eigenvalue weighted by Crippen LogP contribution is 2.36. The minimum Gasteiger partial charge on any atom is -0.378 e. The molecule has 0 saturated carbocycles. The number of amides is 1. The second kappa shape index (κ2) is 9.47. The molecule has 4 rings (SSSR count). The van der Waals surface area contributed by atoms with Gasteiger partial charge in [-0.05, 0) is 50.1 Å². The molecule has 1 aliphatic rings. The fourth-order valence-corrected chi connectivity index (χ4v) is 4.31. The molecular formula is C24H24F5N5O2. The van der Waals surface area contributed by atoms with Crippen LogP contribution in [-0.2, 0) is 6.18 Å². The summed E-state index contributed by atoms with van der Waals surface area (Å²) in [5, 5.41) is 2.93. The van der Waals surface area contributed by atoms with Crippen molar-refractivity contribution in [2.75, 3.05) is 18.4 Å². The molecule has 3 aromatic rings. The molecule has 1 amide bonds. The Hall–Kier alpha value is -3.57. The third-order valence-corrected chi connectivity index (χ3v) is 6.05. The molecule has 7 nitrogen and oxygen atoms in total. The van der Waals surface area contributed by atoms with Gasteiger partial charge in [-0.3, -0.25) is 9.59 Å². The van der Waals surface area contributed by atoms with E-state index >= 15 is 0 Å². The predicted molar refractivity (Wildman–Crippen MR) is 123 cm³/mol. The minimum atomic E-state index is -4.79. The van der Waals surface area contributed by atoms with Gasteiger partial charge >= 0.3 is 6.18 Å². The molecule has 1 atom stereocenters. The van der Waals surface area contributed by atoms with Crippen molar-refractivity contribution in [3.05, 3.63) is 63.3 Å². The van der Waals surface area contributed by atoms with E-state index in [2.05, 4.69) is 20.3 Å². The number of nitrogens with one attached hydrogen (secondary N) is 2. The molecule has 36 heavy (non-hydrogen) atoms. The second-order valence-electron chi connectivity index (χ2n) is 8.82. The topological polar surface area (TPSA) is 91.0 Å². The van der Waals surface area contributed by atoms with Crippen LogP contribution in [0, 0.1) is 6.92 Å². The third kappa shape index (κ3) is 5.31. The van der Waals surface area contributed by atoms with E-state index in [9.17, 15) is 31.5 Å². The molecule has 0 spiro atoms. The molecule has 12 heteroatoms. The molecule has 0 unspecified atom stereocenters. The van der Waals surface area contributed by atoms with E-state index in [1.165, 1.54) is 31.2 Å². The number of piperidine rings is 1. The molecule has 1 saturated heterocycles. The number of anilines is 1. The zero-order chi connectivity index (χ0) is 26.3. The van der Waals surface area contributed by atoms with Crippen molar-refractivity contribution in [3.63, 3.8) is 0 Å². The highest BCUT2D eigenvalue weighted by molar-refractivity contribution is 5.94. The van der Waals surface area contributed by atoms with Crippen molar-refractivity contribution in [2.45, 2.75) is 51.3 Å². The van der Waals surface area contributed by atoms with Crippen molar-refractivity contribution in [1.29, 1.82) is 0 Å². The van der Waals surface area contributed by atoms with Crippen LogP contribution in [0.25, 0.3) is 11.0 Å². The van der Waals surface area contributed by atoms with E-state index < -0.39 is 41.8 Å². The number of benzene rings is 1. The number of alkyl halides is 5. The van der Waals surface area contributed by atoms with Crippen molar-refractivity contribution >= 4 is 22.6 Å². The summed E-state index contributed by atoms with van der Waals surface area (Å²) < 4.78 is 69.0. The summed E-state index contributed by atoms with van der Waals surface area (Å²) in [7, 11) is 0. The molecule has 1 aromatic carbocycles. The maximum atomic E-state index is 13.9. The molecular weight excluding hydrogens is 485 g/mol. The number of fused-ring (bicyclic) bond motifs is 1. The van der Waals surface area contributed by atoms with Gasteiger partial charge in [-0.1, -0.05) is 6.92 Å². The quantitative estimate of drug-likeness (QED) is 0.468. The van der Waals surface area contributed by atoms with Crippen LogP contribution in [-0.4, -0.2) is 44.8 Å². The normalized spacial score (nSPS) is 16.7. The molecule has 0 bridgehead atoms. The minimum absolute atomic E-state index is 0.0665. The third-order valence-electron chi connectivity index (χ3n) is 6.05. The number of hydrogen-bond acceptors (Lipinski definition) is 5. The van der Waals surface area contributed by atoms with Gasteiger partial charge in [0, 0.05) is 29.8 Å². The number of aromatic amines is 1. The number of nitrogens with zero attached hydrogens (tertiary/aromatic N) is 3. The number of carbonyl (C=O) groups is 1. The Balaban J connectivity index is 1.62. The molecule has 0 aliphatic carbocycles. The van der Waals surface area contributed by atoms with Crippen LogP contribution in [0.1, 0.15) is 59.7 Å². The van der Waals surface area contributed by atoms with E-state index in [1.54, 1.807) is 6.92 Å². The average Bonchev–Trinajstić information content (AvgIpc) is 2.80. The molecule has 1 fully saturated rings. The average molecular weight is 509 g/mol. The molecule has 192 valence electrons. The predicted octanol–water partition coefficient (Wildman–Crippen LogP) is 5.08. The van der Waals surface area contributed by atoms with Gasteiger partial charge in [-0.15, -0.1) is 0 Å². The lowest BCUT2D eigenvalue weighted by atomic mass is 10.00. The summed E-state index contributed by atoms with van der Waals surface area (Å²) in [6.07, 6.45) is -4.63. The van der Waals surface area contributed by atoms with Crippen LogP contribution in [0.15, 0.2) is 35.1 Å². The molecule has 2 aromatic heterocycles. The number of aryl methyl sites for hydroxylation is 1. The largest absolute Gasteiger partial charge is 0.433 e. The Morgan fingerprint density at radius 2 is 1.92 bits per heavy atom. The van der Waals surface area contributed by atoms with Gasteiger partial charge in [-0.25, -0.2) is 18.7 Å². The standard InChI is InChI=1S/C24H24F5N5O2/c1-3-18(16-11-17-20(30-13(2)31-21(17)35)33-19(16)24(27,28)29)32-15-7-5-14(6-8-15)22(36)34-10-4-9-23(25,26)12-34/h5-8,11,18,32H,3-4,9-10,12H2,1-2H3,(H,30,31,33,35)/t18-/m0/s1. The van der Waals surface area contributed by atoms with Gasteiger partial charge in [0.1, 0.15) is 5.82 Å². The van der Waals surface area contributed by atoms with Crippen LogP contribution < -0.4 is 10.9 Å². The van der Waals surface area contributed by atoms with Gasteiger partial charge in [0.2, 0.25) is 0 Å². The number of likely N-dealkylation sites (tertiary alicyclic amines) is 1. The monoisotopic (exact) mass is 509 g/mol. The first-order valence-electron chi connectivity index (χ1n) is 11.4. The summed E-state index contributed by atoms with van der Waals surface area (Å²) in [6, 6.07) is 6.14. The van der Waals surface area contributed by atoms with Crippen LogP contribution >= 0.6 is 0 Å². The van der Waals surface area contributed by atoms with Crippen LogP contribution in [0.2, 0.25) is 0 Å². The first-order valence-corrected chi connectivity index (χ1v) is 11.4. The SMILES string of the molecule is CC[C@H](Nc1ccc(C(=O)N2CCCC(F)(F)C2)cc1)c1cc2c(=O)[nH]c(C)nc2nc1C(F)(F)F. The lowest BCUT2D eigenvalue weighted by Crippen LogP contribution is -2.45. The van der Waals surface area contributed by atoms with Crippen LogP contribution in [0.4, 0.5) is 27.6 Å². The molecule has 3 heterocycles. The number of halogens is 5. The van der Waals surface area contributed by atoms with Crippen LogP contribution in [0.5, 0.6) is 0 Å². The Labute approximate surface area is 202 Å². The van der Waals surface area contributed by atoms with E-state index in [0.29, 0.717) is 5.69 Å². The van der Waals surface area contributed by atoms with Crippen LogP contribution in [0.3, 0.4) is 0 Å². The zero-order valence-electron chi connectivity index (χ0n) is 19.5. The van der Waals surface area contributed by atoms with Gasteiger partial charge in [0.15, 0.2) is 11.3 Å². The smallest absolute Gasteiger partial charge is 0.378 e. The Morgan fingerprint density at radius 3 is 2.53 bits per heavy atom. The van der Waals surface area contributed by atoms with Gasteiger partial charge in [0.05, 0.1) is 18.0 Å². The van der Waals surface area contributed by atoms with Crippen molar-refractivity contribution in [1.82, 2.24) is 19.9 Å². The summed E-state index contributed by atoms with van der Waals surface area (Å²) >= 11 is 0. The number of rotatable bonds is 5. The lowest BCUT2D eigenvalue weighted by Gasteiger charge is -2.32. The van der Waals surface area contributed by atoms with Crippen molar-refractivity contribution < 1.29 is 26.7 Å². The Kier molecular flexibility index (Phi) is 6.72. The summed E-state index contributed by atoms with van der Waals surface area (Å²) in [6.45, 7) is 2.71. The summed E-state index contributed by atoms with van der Waals surface area (Å²) in [4.78, 5) is 36.1. The highest BCUT2D eigenvalue weighted by Gasteiger charge is 2.39. The van der Waals surface area contributed by atoms with Crippen molar-refractivity contribution in [2.24, 2.45) is 0 Å². The van der Waals surface area contributed by atoms with Crippen molar-refractivity contribution in [3.8, 4) is 0 Å². The maximum absolute atomic E-state index is 13.9. The maximum Gasteiger partial charge on any atom is 0.433 e. The first-order chi connectivity index (χ1) is 16.9. The number of carbonyl (C=O) groups excluding carboxylic acids is 1. The molecule has 1 aliphatic heterocycles. The van der Waals surface area contributed by atoms with Gasteiger partial charge in [0.25, 0.3) is 17.4 Å². The van der Waals surface area contributed by atoms with E-state index in [0.717, 1.165) is 11.0 Å². The zero-order valence-corrected chi connectivity index (χ0v) is 19.5. The number of hydrogen-bond donors (Lipinski definition) is 2. The Bertz CT molecular complexity index is 1340. The number of aromatic nitrogens is 3. The fraction of sp³-hybridized carbons (Fsp3) is 0.417. The Morgan fingerprint density at radius 1 is 1.22 bits per heavy atom. The van der Waals surface area contributed by atoms with E-state index in [-0.39, 0.29) is 53.8 Å². The van der Waals surface area contributed by atoms with Gasteiger partial charge in [-0.2, -0.15) is 13.2 Å². The number of H-pyrrole nitrogens is 1. The van der Waals surface area contributed by atoms with E-state index in [1.807, 2.05) is 0 Å². The first kappa shape index (κ1) is 25.5. The summed E-state index contributed by atoms with van der Waals surface area (Å²) in [5.74, 6) is -3.31. The second-order valence-corrected chi connectivity index (χ2v) is 8.82. The lowest BCUT2D eigenvalue weighted by molar-refractivity contribution is -0.141. The van der Waals surface area contributed by atoms with E-state index in [4.69, 9.17) is 0 Å². The highest BCUT2D eigenvalue weighted by atomic mass is 19.4. The molecule has 0 radical (unpaired) electrons.